The van der Waals surface area contributed by atoms with E-state index in [0.29, 0.717) is 120 Å². The Morgan fingerprint density at radius 1 is 0.462 bits per heavy atom. The molecule has 8 aliphatic rings. The first-order chi connectivity index (χ1) is 63.2. The number of rotatable bonds is 26. The predicted molar refractivity (Wildman–Crippen MR) is 494 cm³/mol. The van der Waals surface area contributed by atoms with Gasteiger partial charge in [0, 0.05) is 106 Å². The molecule has 8 fully saturated rings. The molecule has 9 heterocycles. The maximum atomic E-state index is 12.6. The molecule has 43 heteroatoms. The molecular weight excluding hydrogens is 1980 g/mol. The highest BCUT2D eigenvalue weighted by molar-refractivity contribution is 9.10. The summed E-state index contributed by atoms with van der Waals surface area (Å²) in [5, 5.41) is 22.9. The van der Waals surface area contributed by atoms with E-state index < -0.39 is 103 Å². The van der Waals surface area contributed by atoms with E-state index in [2.05, 4.69) is 92.9 Å². The van der Waals surface area contributed by atoms with E-state index in [-0.39, 0.29) is 70.2 Å². The van der Waals surface area contributed by atoms with Crippen molar-refractivity contribution >= 4 is 154 Å². The van der Waals surface area contributed by atoms with Crippen LogP contribution >= 0.6 is 67.6 Å². The van der Waals surface area contributed by atoms with Crippen LogP contribution in [0.4, 0.5) is 0 Å². The number of ketones is 2. The summed E-state index contributed by atoms with van der Waals surface area (Å²) in [6.45, 7) is 2.28. The molecule has 0 amide bonds. The summed E-state index contributed by atoms with van der Waals surface area (Å²) < 4.78 is 143. The molecule has 6 aliphatic carbocycles. The number of nitrogens with one attached hydrogen (secondary N) is 2. The fourth-order valence-electron chi connectivity index (χ4n) is 15.6. The zero-order valence-corrected chi connectivity index (χ0v) is 82.4. The van der Waals surface area contributed by atoms with Crippen LogP contribution in [0.3, 0.4) is 0 Å². The number of aromatic amines is 1. The second kappa shape index (κ2) is 53.1. The van der Waals surface area contributed by atoms with Crippen molar-refractivity contribution < 1.29 is 120 Å². The Bertz CT molecular complexity index is 5570. The molecule has 0 radical (unpaired) electrons. The molecule has 0 spiro atoms. The van der Waals surface area contributed by atoms with Crippen LogP contribution < -0.4 is 4.73 Å². The summed E-state index contributed by atoms with van der Waals surface area (Å²) >= 11 is 15.1. The largest absolute Gasteiger partial charge is 0.618 e. The number of H-pyrrole nitrogens is 1. The molecule has 2 atom stereocenters. The van der Waals surface area contributed by atoms with Crippen molar-refractivity contribution in [1.82, 2.24) is 29.9 Å². The van der Waals surface area contributed by atoms with Crippen LogP contribution in [0.25, 0.3) is 0 Å². The van der Waals surface area contributed by atoms with Gasteiger partial charge < -0.3 is 53.2 Å². The van der Waals surface area contributed by atoms with Gasteiger partial charge in [0.05, 0.1) is 93.1 Å². The third-order valence-corrected chi connectivity index (χ3v) is 35.5. The SMILES string of the molecule is Brc1ccc(SC2CCCC2)nc1.COC(=O)C(=O)c1ccc(S(=O)(=O)C2CCCC2)[n+]([O-])c1.COC(=O)C(=O)c1ccc(SC2CCCC2)nc1.COC(=O)C(=[N+]=N)c1ccc(S(=O)(=O)C2CCCC2)nc1.COC(=O)C(OC1CCOCC1)c1ccc(S(=O)(=O)C2CCCC2)nc1.O=C(O)C(OC1CCOCC1)c1ccc(S(=O)(=O)C2CCCC2)nc1.S=c1ccc(Br)c[nH]1. The number of ether oxygens (including phenoxy) is 8. The van der Waals surface area contributed by atoms with Gasteiger partial charge in [-0.15, -0.1) is 23.5 Å². The van der Waals surface area contributed by atoms with Crippen LogP contribution in [0.2, 0.25) is 0 Å². The van der Waals surface area contributed by atoms with Gasteiger partial charge in [-0.2, -0.15) is 4.73 Å². The van der Waals surface area contributed by atoms with Gasteiger partial charge in [-0.3, -0.25) is 9.59 Å². The quantitative estimate of drug-likeness (QED) is 0.00433. The van der Waals surface area contributed by atoms with Crippen molar-refractivity contribution in [3.8, 4) is 0 Å². The topological polar surface area (TPSA) is 495 Å². The second-order valence-corrected chi connectivity index (χ2v) is 45.5. The van der Waals surface area contributed by atoms with Gasteiger partial charge in [0.1, 0.15) is 4.64 Å². The van der Waals surface area contributed by atoms with Crippen LogP contribution in [0, 0.1) is 15.4 Å². The Hall–Kier alpha value is -8.56. The minimum Gasteiger partial charge on any atom is -0.618 e. The predicted octanol–water partition coefficient (Wildman–Crippen LogP) is 14.6. The fourth-order valence-corrected chi connectivity index (χ4v) is 25.7. The smallest absolute Gasteiger partial charge is 0.457 e. The highest BCUT2D eigenvalue weighted by atomic mass is 79.9. The molecule has 0 aromatic carbocycles. The number of sulfone groups is 4. The summed E-state index contributed by atoms with van der Waals surface area (Å²) in [4.78, 5) is 107. The van der Waals surface area contributed by atoms with E-state index in [1.54, 1.807) is 30.0 Å². The van der Waals surface area contributed by atoms with E-state index in [0.717, 1.165) is 106 Å². The highest BCUT2D eigenvalue weighted by Crippen LogP contribution is 2.38. The molecule has 7 aromatic heterocycles. The summed E-state index contributed by atoms with van der Waals surface area (Å²) in [6.07, 6.45) is 33.0. The van der Waals surface area contributed by atoms with Crippen LogP contribution in [-0.2, 0) is 101 Å². The molecule has 716 valence electrons. The van der Waals surface area contributed by atoms with Crippen molar-refractivity contribution in [3.05, 3.63) is 175 Å². The van der Waals surface area contributed by atoms with Crippen molar-refractivity contribution in [2.45, 2.75) is 266 Å². The first-order valence-corrected chi connectivity index (χ1v) is 53.3. The number of carbonyl (C=O) groups excluding carboxylic acids is 6. The number of hydrogen-bond donors (Lipinski definition) is 3. The van der Waals surface area contributed by atoms with Crippen molar-refractivity contribution in [2.24, 2.45) is 0 Å². The molecule has 2 unspecified atom stereocenters. The summed E-state index contributed by atoms with van der Waals surface area (Å²) in [6, 6.07) is 22.2. The third kappa shape index (κ3) is 31.5. The minimum absolute atomic E-state index is 0.00709. The monoisotopic (exact) mass is 2090 g/mol. The van der Waals surface area contributed by atoms with E-state index in [9.17, 15) is 77.5 Å². The number of carboxylic acids is 1. The fraction of sp³-hybridized carbons (Fsp3) is 0.517. The lowest BCUT2D eigenvalue weighted by molar-refractivity contribution is -0.646. The molecule has 2 saturated heterocycles. The van der Waals surface area contributed by atoms with E-state index >= 15 is 0 Å². The molecule has 34 nitrogen and oxygen atoms in total. The van der Waals surface area contributed by atoms with Crippen molar-refractivity contribution in [2.75, 3.05) is 54.9 Å². The number of hydrogen-bond acceptors (Lipinski definition) is 33. The lowest BCUT2D eigenvalue weighted by Crippen LogP contribution is -2.38. The normalized spacial score (nSPS) is 17.6. The lowest BCUT2D eigenvalue weighted by atomic mass is 10.1. The Balaban J connectivity index is 0.000000177. The molecule has 132 heavy (non-hydrogen) atoms. The number of halogens is 2. The second-order valence-electron chi connectivity index (χ2n) is 31.9. The number of esters is 4. The third-order valence-electron chi connectivity index (χ3n) is 22.9. The molecule has 0 bridgehead atoms. The van der Waals surface area contributed by atoms with Gasteiger partial charge >= 0.3 is 40.6 Å². The van der Waals surface area contributed by atoms with Crippen LogP contribution in [0.15, 0.2) is 167 Å². The number of carboxylic acid groups (broad SMARTS) is 1. The number of nitrogens with zero attached hydrogens (tertiary/aromatic N) is 7. The number of aromatic nitrogens is 7. The number of aliphatic carboxylic acids is 1. The molecule has 6 saturated carbocycles. The molecule has 15 rings (SSSR count). The van der Waals surface area contributed by atoms with Crippen molar-refractivity contribution in [1.29, 1.82) is 5.53 Å². The van der Waals surface area contributed by atoms with Gasteiger partial charge in [-0.05, 0) is 201 Å². The Kier molecular flexibility index (Phi) is 43.1. The van der Waals surface area contributed by atoms with Gasteiger partial charge in [0.2, 0.25) is 9.84 Å². The first-order valence-electron chi connectivity index (χ1n) is 43.4. The zero-order valence-electron chi connectivity index (χ0n) is 73.5. The molecule has 7 aromatic rings. The number of methoxy groups -OCH3 is 4. The van der Waals surface area contributed by atoms with E-state index in [4.69, 9.17) is 41.4 Å². The highest BCUT2D eigenvalue weighted by Gasteiger charge is 2.40. The van der Waals surface area contributed by atoms with Crippen LogP contribution in [-0.4, -0.2) is 219 Å². The lowest BCUT2D eigenvalue weighted by Gasteiger charge is -2.26. The van der Waals surface area contributed by atoms with Crippen LogP contribution in [0.5, 0.6) is 0 Å². The average Bonchev–Trinajstić information content (AvgIpc) is 1.39. The van der Waals surface area contributed by atoms with E-state index in [1.165, 1.54) is 128 Å². The molecular formula is C89H110Br2N9O25S7+. The van der Waals surface area contributed by atoms with Gasteiger partial charge in [0.15, 0.2) is 63.0 Å². The van der Waals surface area contributed by atoms with E-state index in [1.807, 2.05) is 36.3 Å². The Labute approximate surface area is 798 Å². The number of carbonyl (C=O) groups is 7. The molecule has 3 N–H and O–H groups in total. The Morgan fingerprint density at radius 2 is 0.841 bits per heavy atom. The average molecular weight is 2090 g/mol. The number of thioether (sulfide) groups is 2. The first kappa shape index (κ1) is 107. The summed E-state index contributed by atoms with van der Waals surface area (Å²) in [5.74, 6) is -6.01. The minimum atomic E-state index is -3.71. The summed E-state index contributed by atoms with van der Waals surface area (Å²) in [7, 11) is -9.29. The molecule has 2 aliphatic heterocycles. The summed E-state index contributed by atoms with van der Waals surface area (Å²) in [5.41, 5.74) is 7.94. The maximum Gasteiger partial charge on any atom is 0.457 e. The Morgan fingerprint density at radius 3 is 1.20 bits per heavy atom. The van der Waals surface area contributed by atoms with Gasteiger partial charge in [-0.25, -0.2) is 82.6 Å². The standard InChI is InChI=1S/C18H25NO6S.C17H23NO6S.C13H16N3O4S.C13H15NO6S.C13H15NO3S.C10H12BrNS.C5H4BrNS/c1-23-18(20)17(25-14-8-10-24-11-9-14)13-6-7-16(19-12-13)26(21,22)15-4-2-3-5-15;19-17(20)16(24-13-7-9-23-10-8-13)12-5-6-15(18-11-12)25(21,22)14-3-1-2-4-14;1-20-13(17)12(16-14)9-6-7-11(15-8-9)21(18,19)10-4-2-3-5-10;1-20-13(16)12(15)9-6-7-11(14(17)8-9)21(18,19)10-4-2-3-5-10;1-17-13(16)12(15)9-6-7-11(14-8-9)18-10-4-2-3-5-10;11-8-5-6-10(12-7-8)13-9-3-1-2-4-9;6-4-1-2-5(8)7-3-4/h6-7,12,14-15,17H,2-5,8-11H2,1H3;5-6,11,13-14,16H,1-4,7-10H2,(H,19,20);6-8,10,14H,2-5H2,1H3;6-8,10H,2-5H2,1H3;6-8,10H,2-5H2,1H3;5-7,9H,1-4H2;1-3H,(H,7,8)/q;;+1;;;;. The van der Waals surface area contributed by atoms with Crippen molar-refractivity contribution in [3.63, 3.8) is 0 Å². The van der Waals surface area contributed by atoms with Gasteiger partial charge in [0.25, 0.3) is 11.6 Å². The maximum absolute atomic E-state index is 12.6. The zero-order chi connectivity index (χ0) is 95.6. The number of Topliss-reactive ketones (excluding diaryl/α,β-unsaturated/α-hetero) is 2. The van der Waals surface area contributed by atoms with Crippen LogP contribution in [0.1, 0.15) is 229 Å². The van der Waals surface area contributed by atoms with Gasteiger partial charge in [-0.1, -0.05) is 101 Å². The number of pyridine rings is 7.